The lowest BCUT2D eigenvalue weighted by Crippen LogP contribution is -2.16. The Morgan fingerprint density at radius 1 is 1.19 bits per heavy atom. The van der Waals surface area contributed by atoms with Gasteiger partial charge in [0.1, 0.15) is 12.4 Å². The van der Waals surface area contributed by atoms with Crippen molar-refractivity contribution >= 4 is 22.4 Å². The average molecular weight is 234 g/mol. The monoisotopic (exact) mass is 233 g/mol. The van der Waals surface area contributed by atoms with Crippen molar-refractivity contribution in [2.45, 2.75) is 6.54 Å². The SMILES string of the molecule is Clc1cc2c(c3ccccc13)OCCNC2. The van der Waals surface area contributed by atoms with E-state index in [1.54, 1.807) is 0 Å². The van der Waals surface area contributed by atoms with Crippen LogP contribution in [-0.4, -0.2) is 13.2 Å². The summed E-state index contributed by atoms with van der Waals surface area (Å²) in [6, 6.07) is 10.1. The second-order valence-corrected chi connectivity index (χ2v) is 4.32. The van der Waals surface area contributed by atoms with Gasteiger partial charge in [-0.25, -0.2) is 0 Å². The fourth-order valence-corrected chi connectivity index (χ4v) is 2.41. The molecule has 0 fully saturated rings. The number of benzene rings is 2. The fraction of sp³-hybridized carbons (Fsp3) is 0.231. The average Bonchev–Trinajstić information content (AvgIpc) is 2.55. The molecule has 0 saturated heterocycles. The van der Waals surface area contributed by atoms with Gasteiger partial charge in [-0.3, -0.25) is 0 Å². The van der Waals surface area contributed by atoms with Gasteiger partial charge >= 0.3 is 0 Å². The van der Waals surface area contributed by atoms with Crippen LogP contribution in [0, 0.1) is 0 Å². The Balaban J connectivity index is 2.32. The summed E-state index contributed by atoms with van der Waals surface area (Å²) in [5.74, 6) is 0.977. The highest BCUT2D eigenvalue weighted by Crippen LogP contribution is 2.35. The number of halogens is 1. The number of ether oxygens (including phenoxy) is 1. The fourth-order valence-electron chi connectivity index (χ4n) is 2.11. The van der Waals surface area contributed by atoms with Gasteiger partial charge in [0.05, 0.1) is 0 Å². The molecule has 16 heavy (non-hydrogen) atoms. The van der Waals surface area contributed by atoms with Crippen LogP contribution >= 0.6 is 11.6 Å². The van der Waals surface area contributed by atoms with Crippen LogP contribution in [0.25, 0.3) is 10.8 Å². The molecule has 1 heterocycles. The van der Waals surface area contributed by atoms with Crippen molar-refractivity contribution < 1.29 is 4.74 Å². The van der Waals surface area contributed by atoms with Gasteiger partial charge in [-0.2, -0.15) is 0 Å². The lowest BCUT2D eigenvalue weighted by atomic mass is 10.1. The number of rotatable bonds is 0. The second kappa shape index (κ2) is 3.96. The summed E-state index contributed by atoms with van der Waals surface area (Å²) < 4.78 is 5.80. The normalized spacial score (nSPS) is 15.3. The number of nitrogens with one attached hydrogen (secondary N) is 1. The van der Waals surface area contributed by atoms with E-state index in [1.165, 1.54) is 0 Å². The van der Waals surface area contributed by atoms with Crippen LogP contribution in [-0.2, 0) is 6.54 Å². The molecule has 0 saturated carbocycles. The Morgan fingerprint density at radius 2 is 2.00 bits per heavy atom. The number of hydrogen-bond acceptors (Lipinski definition) is 2. The zero-order chi connectivity index (χ0) is 11.0. The smallest absolute Gasteiger partial charge is 0.131 e. The van der Waals surface area contributed by atoms with Crippen molar-refractivity contribution in [3.8, 4) is 5.75 Å². The van der Waals surface area contributed by atoms with E-state index in [1.807, 2.05) is 24.3 Å². The molecule has 3 heteroatoms. The standard InChI is InChI=1S/C13H12ClNO/c14-12-7-9-8-15-5-6-16-13(9)11-4-2-1-3-10(11)12/h1-4,7,15H,5-6,8H2. The first-order valence-electron chi connectivity index (χ1n) is 5.40. The Kier molecular flexibility index (Phi) is 2.46. The Morgan fingerprint density at radius 3 is 2.88 bits per heavy atom. The van der Waals surface area contributed by atoms with E-state index < -0.39 is 0 Å². The second-order valence-electron chi connectivity index (χ2n) is 3.92. The predicted octanol–water partition coefficient (Wildman–Crippen LogP) is 2.98. The number of fused-ring (bicyclic) bond motifs is 3. The number of hydrogen-bond donors (Lipinski definition) is 1. The topological polar surface area (TPSA) is 21.3 Å². The molecule has 0 aromatic heterocycles. The molecule has 2 aromatic rings. The maximum absolute atomic E-state index is 6.26. The highest BCUT2D eigenvalue weighted by atomic mass is 35.5. The first kappa shape index (κ1) is 9.94. The van der Waals surface area contributed by atoms with E-state index in [-0.39, 0.29) is 0 Å². The lowest BCUT2D eigenvalue weighted by Gasteiger charge is -2.11. The van der Waals surface area contributed by atoms with E-state index in [2.05, 4.69) is 11.4 Å². The zero-order valence-corrected chi connectivity index (χ0v) is 9.55. The van der Waals surface area contributed by atoms with Crippen molar-refractivity contribution in [2.24, 2.45) is 0 Å². The van der Waals surface area contributed by atoms with E-state index in [4.69, 9.17) is 16.3 Å². The molecule has 0 amide bonds. The molecule has 2 aromatic carbocycles. The summed E-state index contributed by atoms with van der Waals surface area (Å²) in [6.45, 7) is 2.40. The Labute approximate surface area is 99.2 Å². The van der Waals surface area contributed by atoms with E-state index in [9.17, 15) is 0 Å². The third kappa shape index (κ3) is 1.55. The van der Waals surface area contributed by atoms with E-state index in [0.717, 1.165) is 40.2 Å². The first-order chi connectivity index (χ1) is 7.86. The third-order valence-electron chi connectivity index (χ3n) is 2.86. The molecule has 1 aliphatic rings. The van der Waals surface area contributed by atoms with Gasteiger partial charge in [0, 0.05) is 34.4 Å². The van der Waals surface area contributed by atoms with Gasteiger partial charge in [0.15, 0.2) is 0 Å². The summed E-state index contributed by atoms with van der Waals surface area (Å²) in [5, 5.41) is 6.27. The predicted molar refractivity (Wildman–Crippen MR) is 66.2 cm³/mol. The minimum Gasteiger partial charge on any atom is -0.491 e. The quantitative estimate of drug-likeness (QED) is 0.756. The zero-order valence-electron chi connectivity index (χ0n) is 8.79. The summed E-state index contributed by atoms with van der Waals surface area (Å²) in [6.07, 6.45) is 0. The van der Waals surface area contributed by atoms with Crippen LogP contribution in [0.3, 0.4) is 0 Å². The molecule has 3 rings (SSSR count). The molecule has 0 atom stereocenters. The maximum atomic E-state index is 6.26. The van der Waals surface area contributed by atoms with Gasteiger partial charge in [-0.1, -0.05) is 35.9 Å². The van der Waals surface area contributed by atoms with Gasteiger partial charge in [-0.05, 0) is 6.07 Å². The van der Waals surface area contributed by atoms with Crippen molar-refractivity contribution in [2.75, 3.05) is 13.2 Å². The van der Waals surface area contributed by atoms with Gasteiger partial charge in [0.25, 0.3) is 0 Å². The van der Waals surface area contributed by atoms with E-state index >= 15 is 0 Å². The molecule has 82 valence electrons. The molecular formula is C13H12ClNO. The molecule has 0 radical (unpaired) electrons. The molecule has 2 nitrogen and oxygen atoms in total. The van der Waals surface area contributed by atoms with Crippen LogP contribution in [0.15, 0.2) is 30.3 Å². The summed E-state index contributed by atoms with van der Waals surface area (Å²) >= 11 is 6.26. The highest BCUT2D eigenvalue weighted by molar-refractivity contribution is 6.35. The molecule has 0 bridgehead atoms. The summed E-state index contributed by atoms with van der Waals surface area (Å²) in [7, 11) is 0. The van der Waals surface area contributed by atoms with E-state index in [0.29, 0.717) is 6.61 Å². The summed E-state index contributed by atoms with van der Waals surface area (Å²) in [5.41, 5.74) is 1.14. The van der Waals surface area contributed by atoms with Gasteiger partial charge < -0.3 is 10.1 Å². The van der Waals surface area contributed by atoms with Crippen LogP contribution in [0.2, 0.25) is 5.02 Å². The largest absolute Gasteiger partial charge is 0.491 e. The van der Waals surface area contributed by atoms with Crippen LogP contribution in [0.5, 0.6) is 5.75 Å². The minimum atomic E-state index is 0.707. The Hall–Kier alpha value is -1.25. The molecule has 1 N–H and O–H groups in total. The van der Waals surface area contributed by atoms with Gasteiger partial charge in [0.2, 0.25) is 0 Å². The van der Waals surface area contributed by atoms with Crippen molar-refractivity contribution in [1.29, 1.82) is 0 Å². The molecule has 1 aliphatic heterocycles. The summed E-state index contributed by atoms with van der Waals surface area (Å²) in [4.78, 5) is 0. The Bertz CT molecular complexity index is 539. The molecule has 0 unspecified atom stereocenters. The van der Waals surface area contributed by atoms with Crippen molar-refractivity contribution in [3.05, 3.63) is 40.9 Å². The van der Waals surface area contributed by atoms with Gasteiger partial charge in [-0.15, -0.1) is 0 Å². The van der Waals surface area contributed by atoms with Crippen LogP contribution < -0.4 is 10.1 Å². The highest BCUT2D eigenvalue weighted by Gasteiger charge is 2.14. The van der Waals surface area contributed by atoms with Crippen LogP contribution in [0.1, 0.15) is 5.56 Å². The minimum absolute atomic E-state index is 0.707. The van der Waals surface area contributed by atoms with Crippen molar-refractivity contribution in [3.63, 3.8) is 0 Å². The molecule has 0 spiro atoms. The molecular weight excluding hydrogens is 222 g/mol. The lowest BCUT2D eigenvalue weighted by molar-refractivity contribution is 0.329. The third-order valence-corrected chi connectivity index (χ3v) is 3.17. The molecule has 0 aliphatic carbocycles. The van der Waals surface area contributed by atoms with Crippen LogP contribution in [0.4, 0.5) is 0 Å². The first-order valence-corrected chi connectivity index (χ1v) is 5.78. The van der Waals surface area contributed by atoms with Crippen molar-refractivity contribution in [1.82, 2.24) is 5.32 Å². The maximum Gasteiger partial charge on any atom is 0.131 e.